The summed E-state index contributed by atoms with van der Waals surface area (Å²) in [5.41, 5.74) is 3.27. The molecule has 8 heteroatoms. The van der Waals surface area contributed by atoms with Crippen molar-refractivity contribution < 1.29 is 9.72 Å². The molecule has 0 spiro atoms. The summed E-state index contributed by atoms with van der Waals surface area (Å²) in [6.45, 7) is 7.14. The minimum Gasteiger partial charge on any atom is -0.385 e. The average molecular weight is 371 g/mol. The van der Waals surface area contributed by atoms with Crippen LogP contribution < -0.4 is 10.6 Å². The first-order valence-electron chi connectivity index (χ1n) is 9.19. The van der Waals surface area contributed by atoms with Crippen molar-refractivity contribution >= 4 is 17.3 Å². The zero-order valence-electron chi connectivity index (χ0n) is 15.9. The second-order valence-corrected chi connectivity index (χ2v) is 7.35. The molecule has 0 unspecified atom stereocenters. The number of aryl methyl sites for hydroxylation is 2. The lowest BCUT2D eigenvalue weighted by Crippen LogP contribution is -2.32. The van der Waals surface area contributed by atoms with E-state index in [2.05, 4.69) is 15.7 Å². The lowest BCUT2D eigenvalue weighted by Gasteiger charge is -2.25. The summed E-state index contributed by atoms with van der Waals surface area (Å²) in [6, 6.07) is 5.15. The molecule has 1 aliphatic heterocycles. The van der Waals surface area contributed by atoms with E-state index in [9.17, 15) is 14.9 Å². The molecule has 0 fully saturated rings. The summed E-state index contributed by atoms with van der Waals surface area (Å²) in [7, 11) is 0. The number of nitrogens with zero attached hydrogens (tertiary/aromatic N) is 3. The molecule has 8 nitrogen and oxygen atoms in total. The van der Waals surface area contributed by atoms with Crippen LogP contribution in [0.4, 0.5) is 11.4 Å². The number of rotatable bonds is 6. The Labute approximate surface area is 158 Å². The Morgan fingerprint density at radius 1 is 1.44 bits per heavy atom. The first-order chi connectivity index (χ1) is 12.8. The molecule has 2 aromatic rings. The lowest BCUT2D eigenvalue weighted by molar-refractivity contribution is -0.385. The van der Waals surface area contributed by atoms with E-state index in [0.717, 1.165) is 37.3 Å². The van der Waals surface area contributed by atoms with Gasteiger partial charge < -0.3 is 10.6 Å². The molecular weight excluding hydrogens is 346 g/mol. The Morgan fingerprint density at radius 2 is 2.22 bits per heavy atom. The topological polar surface area (TPSA) is 102 Å². The molecule has 0 saturated heterocycles. The van der Waals surface area contributed by atoms with Crippen molar-refractivity contribution in [3.63, 3.8) is 0 Å². The van der Waals surface area contributed by atoms with Gasteiger partial charge in [0.15, 0.2) is 0 Å². The number of hydrogen-bond donors (Lipinski definition) is 2. The fourth-order valence-electron chi connectivity index (χ4n) is 3.44. The van der Waals surface area contributed by atoms with Crippen LogP contribution in [0.2, 0.25) is 0 Å². The number of carbonyl (C=O) groups excluding carboxylic acids is 1. The highest BCUT2D eigenvalue weighted by Crippen LogP contribution is 2.25. The predicted molar refractivity (Wildman–Crippen MR) is 103 cm³/mol. The molecule has 1 aromatic heterocycles. The molecular formula is C19H25N5O3. The molecule has 1 aliphatic rings. The van der Waals surface area contributed by atoms with Crippen LogP contribution in [0.15, 0.2) is 24.4 Å². The van der Waals surface area contributed by atoms with E-state index in [0.29, 0.717) is 17.0 Å². The van der Waals surface area contributed by atoms with E-state index in [4.69, 9.17) is 0 Å². The van der Waals surface area contributed by atoms with Gasteiger partial charge in [-0.2, -0.15) is 5.10 Å². The highest BCUT2D eigenvalue weighted by molar-refractivity contribution is 5.95. The van der Waals surface area contributed by atoms with Crippen LogP contribution in [0.25, 0.3) is 0 Å². The first-order valence-corrected chi connectivity index (χ1v) is 9.19. The monoisotopic (exact) mass is 371 g/mol. The SMILES string of the molecule is Cc1cc(NC[C@@H]2CCn3ncc(C(=O)NC(C)C)c3C2)ccc1[N+](=O)[O-]. The summed E-state index contributed by atoms with van der Waals surface area (Å²) in [5, 5.41) is 21.6. The minimum atomic E-state index is -0.370. The van der Waals surface area contributed by atoms with Gasteiger partial charge in [-0.15, -0.1) is 0 Å². The van der Waals surface area contributed by atoms with Crippen LogP contribution in [0.3, 0.4) is 0 Å². The summed E-state index contributed by atoms with van der Waals surface area (Å²) in [6.07, 6.45) is 3.40. The van der Waals surface area contributed by atoms with Gasteiger partial charge >= 0.3 is 0 Å². The average Bonchev–Trinajstić information content (AvgIpc) is 3.02. The van der Waals surface area contributed by atoms with Crippen LogP contribution >= 0.6 is 0 Å². The zero-order valence-corrected chi connectivity index (χ0v) is 15.9. The Hall–Kier alpha value is -2.90. The van der Waals surface area contributed by atoms with Gasteiger partial charge in [0.1, 0.15) is 0 Å². The summed E-state index contributed by atoms with van der Waals surface area (Å²) >= 11 is 0. The maximum Gasteiger partial charge on any atom is 0.272 e. The number of anilines is 1. The van der Waals surface area contributed by atoms with Crippen molar-refractivity contribution in [3.05, 3.63) is 51.3 Å². The van der Waals surface area contributed by atoms with E-state index < -0.39 is 0 Å². The van der Waals surface area contributed by atoms with Crippen LogP contribution in [0.5, 0.6) is 0 Å². The predicted octanol–water partition coefficient (Wildman–Crippen LogP) is 2.91. The zero-order chi connectivity index (χ0) is 19.6. The summed E-state index contributed by atoms with van der Waals surface area (Å²) in [4.78, 5) is 22.9. The molecule has 0 radical (unpaired) electrons. The molecule has 27 heavy (non-hydrogen) atoms. The van der Waals surface area contributed by atoms with Crippen LogP contribution in [0.1, 0.15) is 41.9 Å². The van der Waals surface area contributed by atoms with Gasteiger partial charge in [-0.1, -0.05) is 0 Å². The highest BCUT2D eigenvalue weighted by Gasteiger charge is 2.25. The van der Waals surface area contributed by atoms with Crippen molar-refractivity contribution in [2.45, 2.75) is 46.2 Å². The quantitative estimate of drug-likeness (QED) is 0.600. The van der Waals surface area contributed by atoms with Crippen molar-refractivity contribution in [1.29, 1.82) is 0 Å². The van der Waals surface area contributed by atoms with E-state index in [-0.39, 0.29) is 22.6 Å². The van der Waals surface area contributed by atoms with Crippen LogP contribution in [-0.2, 0) is 13.0 Å². The molecule has 1 aromatic carbocycles. The molecule has 144 valence electrons. The maximum absolute atomic E-state index is 12.4. The molecule has 1 amide bonds. The van der Waals surface area contributed by atoms with Crippen molar-refractivity contribution in [2.24, 2.45) is 5.92 Å². The molecule has 2 N–H and O–H groups in total. The van der Waals surface area contributed by atoms with E-state index >= 15 is 0 Å². The number of aromatic nitrogens is 2. The number of fused-ring (bicyclic) bond motifs is 1. The number of nitro benzene ring substituents is 1. The summed E-state index contributed by atoms with van der Waals surface area (Å²) in [5.74, 6) is 0.293. The Balaban J connectivity index is 1.65. The molecule has 0 bridgehead atoms. The van der Waals surface area contributed by atoms with Gasteiger partial charge in [0.05, 0.1) is 22.4 Å². The van der Waals surface area contributed by atoms with E-state index in [1.165, 1.54) is 6.07 Å². The Kier molecular flexibility index (Phi) is 5.43. The maximum atomic E-state index is 12.4. The number of benzene rings is 1. The fourth-order valence-corrected chi connectivity index (χ4v) is 3.44. The largest absolute Gasteiger partial charge is 0.385 e. The number of hydrogen-bond acceptors (Lipinski definition) is 5. The first kappa shape index (κ1) is 18.9. The van der Waals surface area contributed by atoms with Crippen molar-refractivity contribution in [2.75, 3.05) is 11.9 Å². The second-order valence-electron chi connectivity index (χ2n) is 7.35. The summed E-state index contributed by atoms with van der Waals surface area (Å²) < 4.78 is 1.92. The van der Waals surface area contributed by atoms with E-state index in [1.807, 2.05) is 18.5 Å². The van der Waals surface area contributed by atoms with Crippen molar-refractivity contribution in [3.8, 4) is 0 Å². The van der Waals surface area contributed by atoms with Gasteiger partial charge in [-0.3, -0.25) is 19.6 Å². The molecule has 0 aliphatic carbocycles. The minimum absolute atomic E-state index is 0.0779. The third kappa shape index (κ3) is 4.27. The normalized spacial score (nSPS) is 16.1. The van der Waals surface area contributed by atoms with Gasteiger partial charge in [0.25, 0.3) is 11.6 Å². The molecule has 2 heterocycles. The third-order valence-electron chi connectivity index (χ3n) is 4.83. The van der Waals surface area contributed by atoms with Gasteiger partial charge in [-0.25, -0.2) is 0 Å². The fraction of sp³-hybridized carbons (Fsp3) is 0.474. The second kappa shape index (κ2) is 7.77. The third-order valence-corrected chi connectivity index (χ3v) is 4.83. The number of nitro groups is 1. The smallest absolute Gasteiger partial charge is 0.272 e. The van der Waals surface area contributed by atoms with Gasteiger partial charge in [0, 0.05) is 36.4 Å². The van der Waals surface area contributed by atoms with Crippen molar-refractivity contribution in [1.82, 2.24) is 15.1 Å². The highest BCUT2D eigenvalue weighted by atomic mass is 16.6. The van der Waals surface area contributed by atoms with Gasteiger partial charge in [0.2, 0.25) is 0 Å². The molecule has 0 saturated carbocycles. The molecule has 1 atom stereocenters. The van der Waals surface area contributed by atoms with Crippen LogP contribution in [0, 0.1) is 23.0 Å². The molecule has 3 rings (SSSR count). The van der Waals surface area contributed by atoms with Crippen LogP contribution in [-0.4, -0.2) is 33.2 Å². The number of carbonyl (C=O) groups is 1. The van der Waals surface area contributed by atoms with Gasteiger partial charge in [-0.05, 0) is 51.7 Å². The lowest BCUT2D eigenvalue weighted by atomic mass is 9.94. The standard InChI is InChI=1S/C19H25N5O3/c1-12(2)22-19(25)16-11-21-23-7-6-14(9-18(16)23)10-20-15-4-5-17(24(26)27)13(3)8-15/h4-5,8,11-12,14,20H,6-7,9-10H2,1-3H3,(H,22,25)/t14-/m1/s1. The number of amides is 1. The number of nitrogens with one attached hydrogen (secondary N) is 2. The van der Waals surface area contributed by atoms with E-state index in [1.54, 1.807) is 25.3 Å². The Morgan fingerprint density at radius 3 is 2.89 bits per heavy atom. The Bertz CT molecular complexity index is 859.